The number of tetrazole rings is 1. The lowest BCUT2D eigenvalue weighted by Crippen LogP contribution is -2.18. The normalized spacial score (nSPS) is 26.3. The molecule has 2 aromatic rings. The van der Waals surface area contributed by atoms with Crippen molar-refractivity contribution in [2.75, 3.05) is 11.9 Å². The Kier molecular flexibility index (Phi) is 3.81. The van der Waals surface area contributed by atoms with E-state index in [9.17, 15) is 4.79 Å². The standard InChI is InChI=1S/C20H27N5O2/c26-20-12-9-15-14-17(10-11-18(15)21-20)27-13-5-4-8-19-22-23-24-25(19)16-6-2-1-3-7-16/h10-11,14,16H,1-9,12-13H2,(H,21,26)/i1D2,2D2,3D2. The van der Waals surface area contributed by atoms with Crippen molar-refractivity contribution in [1.29, 1.82) is 0 Å². The van der Waals surface area contributed by atoms with E-state index in [1.54, 1.807) is 0 Å². The molecule has 1 aliphatic heterocycles. The molecular weight excluding hydrogens is 342 g/mol. The van der Waals surface area contributed by atoms with Gasteiger partial charge in [0.15, 0.2) is 5.82 Å². The third kappa shape index (κ3) is 4.46. The maximum atomic E-state index is 11.5. The van der Waals surface area contributed by atoms with E-state index in [0.29, 0.717) is 38.1 Å². The third-order valence-corrected chi connectivity index (χ3v) is 4.79. The molecule has 1 fully saturated rings. The Morgan fingerprint density at radius 1 is 1.22 bits per heavy atom. The van der Waals surface area contributed by atoms with Gasteiger partial charge in [-0.25, -0.2) is 4.68 Å². The van der Waals surface area contributed by atoms with Crippen molar-refractivity contribution < 1.29 is 17.8 Å². The fraction of sp³-hybridized carbons (Fsp3) is 0.600. The van der Waals surface area contributed by atoms with E-state index in [4.69, 9.17) is 13.0 Å². The first-order valence-corrected chi connectivity index (χ1v) is 9.32. The molecule has 0 bridgehead atoms. The van der Waals surface area contributed by atoms with Crippen LogP contribution in [0.4, 0.5) is 5.69 Å². The highest BCUT2D eigenvalue weighted by Gasteiger charge is 2.19. The SMILES string of the molecule is [2H]C1([2H])CC(n2nnnc2CCCCOc2ccc3c(c2)CCC(=O)N3)CC([2H])([2H])C1([2H])[2H]. The van der Waals surface area contributed by atoms with Gasteiger partial charge in [0.2, 0.25) is 5.91 Å². The zero-order chi connectivity index (χ0) is 23.9. The van der Waals surface area contributed by atoms with Crippen LogP contribution in [0.3, 0.4) is 0 Å². The van der Waals surface area contributed by atoms with Gasteiger partial charge in [0.05, 0.1) is 12.6 Å². The Hall–Kier alpha value is -2.44. The molecule has 7 heteroatoms. The summed E-state index contributed by atoms with van der Waals surface area (Å²) in [6.07, 6.45) is -4.53. The minimum Gasteiger partial charge on any atom is -0.494 e. The number of nitrogens with one attached hydrogen (secondary N) is 1. The molecule has 1 aromatic heterocycles. The zero-order valence-corrected chi connectivity index (χ0v) is 15.1. The van der Waals surface area contributed by atoms with Gasteiger partial charge in [0, 0.05) is 26.8 Å². The van der Waals surface area contributed by atoms with Crippen LogP contribution < -0.4 is 10.1 Å². The van der Waals surface area contributed by atoms with Crippen LogP contribution >= 0.6 is 0 Å². The summed E-state index contributed by atoms with van der Waals surface area (Å²) in [4.78, 5) is 11.5. The van der Waals surface area contributed by atoms with E-state index in [2.05, 4.69) is 20.8 Å². The summed E-state index contributed by atoms with van der Waals surface area (Å²) in [5, 5.41) is 14.5. The topological polar surface area (TPSA) is 81.9 Å². The fourth-order valence-corrected chi connectivity index (χ4v) is 3.33. The van der Waals surface area contributed by atoms with Gasteiger partial charge in [-0.1, -0.05) is 19.1 Å². The van der Waals surface area contributed by atoms with Crippen molar-refractivity contribution in [2.24, 2.45) is 0 Å². The average Bonchev–Trinajstić information content (AvgIpc) is 3.20. The van der Waals surface area contributed by atoms with Gasteiger partial charge >= 0.3 is 0 Å². The highest BCUT2D eigenvalue weighted by Crippen LogP contribution is 2.28. The van der Waals surface area contributed by atoms with Crippen LogP contribution in [-0.2, 0) is 17.6 Å². The highest BCUT2D eigenvalue weighted by molar-refractivity contribution is 5.93. The summed E-state index contributed by atoms with van der Waals surface area (Å²) in [7, 11) is 0. The Morgan fingerprint density at radius 2 is 2.11 bits per heavy atom. The molecule has 1 N–H and O–H groups in total. The predicted molar refractivity (Wildman–Crippen MR) is 102 cm³/mol. The molecule has 27 heavy (non-hydrogen) atoms. The number of aryl methyl sites for hydroxylation is 2. The van der Waals surface area contributed by atoms with Crippen LogP contribution in [-0.4, -0.2) is 32.7 Å². The average molecular weight is 376 g/mol. The largest absolute Gasteiger partial charge is 0.494 e. The summed E-state index contributed by atoms with van der Waals surface area (Å²) in [6.45, 7) is 0.488. The number of hydrogen-bond acceptors (Lipinski definition) is 5. The summed E-state index contributed by atoms with van der Waals surface area (Å²) in [5.41, 5.74) is 1.89. The Balaban J connectivity index is 1.30. The van der Waals surface area contributed by atoms with Crippen LogP contribution in [0.5, 0.6) is 5.75 Å². The van der Waals surface area contributed by atoms with Crippen LogP contribution in [0.15, 0.2) is 18.2 Å². The Bertz CT molecular complexity index is 1010. The van der Waals surface area contributed by atoms with E-state index in [1.165, 1.54) is 4.68 Å². The van der Waals surface area contributed by atoms with E-state index in [-0.39, 0.29) is 18.7 Å². The van der Waals surface area contributed by atoms with Gasteiger partial charge in [-0.15, -0.1) is 5.10 Å². The maximum absolute atomic E-state index is 11.5. The molecule has 1 aromatic carbocycles. The van der Waals surface area contributed by atoms with Gasteiger partial charge in [0.1, 0.15) is 5.75 Å². The van der Waals surface area contributed by atoms with E-state index < -0.39 is 25.2 Å². The summed E-state index contributed by atoms with van der Waals surface area (Å²) in [6, 6.07) is 4.96. The number of unbranched alkanes of at least 4 members (excludes halogenated alkanes) is 1. The van der Waals surface area contributed by atoms with Gasteiger partial charge < -0.3 is 10.1 Å². The summed E-state index contributed by atoms with van der Waals surface area (Å²) >= 11 is 0. The quantitative estimate of drug-likeness (QED) is 0.750. The molecule has 1 amide bonds. The molecule has 2 aliphatic rings. The van der Waals surface area contributed by atoms with Crippen molar-refractivity contribution in [2.45, 2.75) is 70.1 Å². The van der Waals surface area contributed by atoms with Crippen molar-refractivity contribution in [3.05, 3.63) is 29.6 Å². The monoisotopic (exact) mass is 375 g/mol. The second kappa shape index (κ2) is 8.50. The number of benzene rings is 1. The number of amides is 1. The molecule has 0 radical (unpaired) electrons. The zero-order valence-electron chi connectivity index (χ0n) is 21.1. The number of nitrogens with zero attached hydrogens (tertiary/aromatic N) is 4. The highest BCUT2D eigenvalue weighted by atomic mass is 16.5. The number of hydrogen-bond donors (Lipinski definition) is 1. The van der Waals surface area contributed by atoms with Crippen LogP contribution in [0.1, 0.15) is 76.9 Å². The summed E-state index contributed by atoms with van der Waals surface area (Å²) in [5.74, 6) is 1.30. The number of rotatable bonds is 7. The smallest absolute Gasteiger partial charge is 0.224 e. The summed E-state index contributed by atoms with van der Waals surface area (Å²) < 4.78 is 55.4. The molecule has 1 saturated carbocycles. The van der Waals surface area contributed by atoms with Crippen molar-refractivity contribution >= 4 is 11.6 Å². The van der Waals surface area contributed by atoms with E-state index in [1.807, 2.05) is 18.2 Å². The first-order valence-electron chi connectivity index (χ1n) is 12.3. The molecule has 7 nitrogen and oxygen atoms in total. The van der Waals surface area contributed by atoms with Crippen molar-refractivity contribution in [1.82, 2.24) is 20.2 Å². The van der Waals surface area contributed by atoms with Crippen LogP contribution in [0.25, 0.3) is 0 Å². The predicted octanol–water partition coefficient (Wildman–Crippen LogP) is 3.46. The number of fused-ring (bicyclic) bond motifs is 1. The molecule has 0 atom stereocenters. The minimum absolute atomic E-state index is 0.0257. The minimum atomic E-state index is -2.59. The Morgan fingerprint density at radius 3 is 3.00 bits per heavy atom. The van der Waals surface area contributed by atoms with Gasteiger partial charge in [-0.2, -0.15) is 0 Å². The number of carbonyl (C=O) groups is 1. The number of aromatic nitrogens is 4. The molecule has 2 heterocycles. The molecule has 144 valence electrons. The van der Waals surface area contributed by atoms with Crippen LogP contribution in [0.2, 0.25) is 0 Å². The van der Waals surface area contributed by atoms with Crippen LogP contribution in [0, 0.1) is 0 Å². The van der Waals surface area contributed by atoms with Gasteiger partial charge in [-0.05, 0) is 66.3 Å². The number of carbonyl (C=O) groups excluding carboxylic acids is 1. The molecular formula is C20H27N5O2. The molecule has 4 rings (SSSR count). The van der Waals surface area contributed by atoms with Crippen molar-refractivity contribution in [3.63, 3.8) is 0 Å². The molecule has 0 saturated heterocycles. The second-order valence-electron chi connectivity index (χ2n) is 6.75. The third-order valence-electron chi connectivity index (χ3n) is 4.79. The van der Waals surface area contributed by atoms with Crippen molar-refractivity contribution in [3.8, 4) is 5.75 Å². The van der Waals surface area contributed by atoms with Gasteiger partial charge in [0.25, 0.3) is 0 Å². The van der Waals surface area contributed by atoms with Gasteiger partial charge in [-0.3, -0.25) is 4.79 Å². The lowest BCUT2D eigenvalue weighted by atomic mass is 9.95. The number of anilines is 1. The molecule has 0 spiro atoms. The van der Waals surface area contributed by atoms with E-state index in [0.717, 1.165) is 23.4 Å². The second-order valence-corrected chi connectivity index (χ2v) is 6.75. The lowest BCUT2D eigenvalue weighted by molar-refractivity contribution is -0.116. The number of ether oxygens (including phenoxy) is 1. The Labute approximate surface area is 167 Å². The molecule has 0 unspecified atom stereocenters. The fourth-order valence-electron chi connectivity index (χ4n) is 3.33. The maximum Gasteiger partial charge on any atom is 0.224 e. The first-order chi connectivity index (χ1) is 15.5. The van der Waals surface area contributed by atoms with E-state index >= 15 is 0 Å². The first kappa shape index (κ1) is 12.1. The molecule has 1 aliphatic carbocycles. The lowest BCUT2D eigenvalue weighted by Gasteiger charge is -2.22.